The monoisotopic (exact) mass is 264 g/mol. The molecule has 0 spiro atoms. The van der Waals surface area contributed by atoms with Crippen LogP contribution >= 0.6 is 0 Å². The SMILES string of the molecule is Cc1cc(N2CCC(NC(=O)C(C)(C)C)CC2)n[nH]1. The van der Waals surface area contributed by atoms with E-state index in [0.29, 0.717) is 6.04 Å². The normalized spacial score (nSPS) is 17.6. The number of carbonyl (C=O) groups excluding carboxylic acids is 1. The van der Waals surface area contributed by atoms with E-state index >= 15 is 0 Å². The largest absolute Gasteiger partial charge is 0.355 e. The summed E-state index contributed by atoms with van der Waals surface area (Å²) < 4.78 is 0. The second kappa shape index (κ2) is 5.23. The Hall–Kier alpha value is -1.52. The van der Waals surface area contributed by atoms with Crippen LogP contribution in [0, 0.1) is 12.3 Å². The number of aromatic amines is 1. The van der Waals surface area contributed by atoms with Gasteiger partial charge in [0.25, 0.3) is 0 Å². The Morgan fingerprint density at radius 3 is 2.53 bits per heavy atom. The van der Waals surface area contributed by atoms with E-state index in [4.69, 9.17) is 0 Å². The van der Waals surface area contributed by atoms with E-state index in [2.05, 4.69) is 26.5 Å². The zero-order valence-corrected chi connectivity index (χ0v) is 12.3. The van der Waals surface area contributed by atoms with E-state index in [1.807, 2.05) is 27.7 Å². The molecule has 2 heterocycles. The van der Waals surface area contributed by atoms with Crippen molar-refractivity contribution in [2.45, 2.75) is 46.6 Å². The maximum absolute atomic E-state index is 11.9. The fraction of sp³-hybridized carbons (Fsp3) is 0.714. The molecule has 5 nitrogen and oxygen atoms in total. The number of hydrogen-bond acceptors (Lipinski definition) is 3. The zero-order valence-electron chi connectivity index (χ0n) is 12.3. The van der Waals surface area contributed by atoms with Crippen molar-refractivity contribution in [3.63, 3.8) is 0 Å². The van der Waals surface area contributed by atoms with Crippen LogP contribution in [0.15, 0.2) is 6.07 Å². The second-order valence-electron chi connectivity index (χ2n) is 6.39. The molecule has 0 radical (unpaired) electrons. The fourth-order valence-electron chi connectivity index (χ4n) is 2.22. The highest BCUT2D eigenvalue weighted by Gasteiger charge is 2.26. The van der Waals surface area contributed by atoms with E-state index in [9.17, 15) is 4.79 Å². The van der Waals surface area contributed by atoms with Crippen LogP contribution in [0.3, 0.4) is 0 Å². The lowest BCUT2D eigenvalue weighted by molar-refractivity contribution is -0.129. The molecule has 0 bridgehead atoms. The molecule has 106 valence electrons. The number of amides is 1. The lowest BCUT2D eigenvalue weighted by atomic mass is 9.94. The number of carbonyl (C=O) groups is 1. The van der Waals surface area contributed by atoms with E-state index < -0.39 is 0 Å². The first-order valence-corrected chi connectivity index (χ1v) is 6.94. The molecular formula is C14H24N4O. The van der Waals surface area contributed by atoms with Gasteiger partial charge in [0.1, 0.15) is 0 Å². The van der Waals surface area contributed by atoms with Crippen LogP contribution in [0.25, 0.3) is 0 Å². The minimum absolute atomic E-state index is 0.140. The van der Waals surface area contributed by atoms with E-state index in [0.717, 1.165) is 37.4 Å². The summed E-state index contributed by atoms with van der Waals surface area (Å²) in [5.74, 6) is 1.15. The first kappa shape index (κ1) is 13.9. The Bertz CT molecular complexity index is 439. The number of anilines is 1. The smallest absolute Gasteiger partial charge is 0.225 e. The molecule has 5 heteroatoms. The van der Waals surface area contributed by atoms with Gasteiger partial charge in [-0.05, 0) is 19.8 Å². The van der Waals surface area contributed by atoms with E-state index in [1.54, 1.807) is 0 Å². The lowest BCUT2D eigenvalue weighted by Gasteiger charge is -2.33. The van der Waals surface area contributed by atoms with Crippen molar-refractivity contribution in [2.24, 2.45) is 5.41 Å². The predicted octanol–water partition coefficient (Wildman–Crippen LogP) is 1.85. The molecule has 1 aliphatic rings. The molecule has 1 saturated heterocycles. The average molecular weight is 264 g/mol. The quantitative estimate of drug-likeness (QED) is 0.857. The minimum Gasteiger partial charge on any atom is -0.355 e. The molecule has 2 rings (SSSR count). The molecule has 0 aliphatic carbocycles. The van der Waals surface area contributed by atoms with Crippen molar-refractivity contribution in [2.75, 3.05) is 18.0 Å². The van der Waals surface area contributed by atoms with Gasteiger partial charge in [-0.2, -0.15) is 5.10 Å². The topological polar surface area (TPSA) is 61.0 Å². The second-order valence-corrected chi connectivity index (χ2v) is 6.39. The zero-order chi connectivity index (χ0) is 14.0. The molecule has 1 aliphatic heterocycles. The molecule has 1 fully saturated rings. The number of hydrogen-bond donors (Lipinski definition) is 2. The van der Waals surface area contributed by atoms with Gasteiger partial charge < -0.3 is 10.2 Å². The van der Waals surface area contributed by atoms with Gasteiger partial charge >= 0.3 is 0 Å². The number of nitrogens with zero attached hydrogens (tertiary/aromatic N) is 2. The van der Waals surface area contributed by atoms with Crippen molar-refractivity contribution in [1.29, 1.82) is 0 Å². The first-order chi connectivity index (χ1) is 8.86. The van der Waals surface area contributed by atoms with Crippen LogP contribution in [-0.2, 0) is 4.79 Å². The number of H-pyrrole nitrogens is 1. The number of rotatable bonds is 2. The summed E-state index contributed by atoms with van der Waals surface area (Å²) in [4.78, 5) is 14.2. The van der Waals surface area contributed by atoms with Crippen LogP contribution in [-0.4, -0.2) is 35.2 Å². The molecule has 1 aromatic heterocycles. The van der Waals surface area contributed by atoms with Crippen LogP contribution in [0.1, 0.15) is 39.3 Å². The van der Waals surface area contributed by atoms with Gasteiger partial charge in [-0.15, -0.1) is 0 Å². The van der Waals surface area contributed by atoms with Gasteiger partial charge in [-0.1, -0.05) is 20.8 Å². The third kappa shape index (κ3) is 3.49. The van der Waals surface area contributed by atoms with Crippen molar-refractivity contribution in [3.8, 4) is 0 Å². The summed E-state index contributed by atoms with van der Waals surface area (Å²) in [5.41, 5.74) is 0.773. The number of piperidine rings is 1. The molecule has 1 amide bonds. The molecule has 19 heavy (non-hydrogen) atoms. The molecule has 0 aromatic carbocycles. The van der Waals surface area contributed by atoms with Crippen LogP contribution in [0.4, 0.5) is 5.82 Å². The summed E-state index contributed by atoms with van der Waals surface area (Å²) in [6, 6.07) is 2.36. The van der Waals surface area contributed by atoms with Crippen molar-refractivity contribution >= 4 is 11.7 Å². The molecular weight excluding hydrogens is 240 g/mol. The lowest BCUT2D eigenvalue weighted by Crippen LogP contribution is -2.47. The Morgan fingerprint density at radius 1 is 1.42 bits per heavy atom. The highest BCUT2D eigenvalue weighted by atomic mass is 16.2. The number of aryl methyl sites for hydroxylation is 1. The Balaban J connectivity index is 1.84. The summed E-state index contributed by atoms with van der Waals surface area (Å²) in [7, 11) is 0. The van der Waals surface area contributed by atoms with Gasteiger partial charge in [0.2, 0.25) is 5.91 Å². The number of nitrogens with one attached hydrogen (secondary N) is 2. The Morgan fingerprint density at radius 2 is 2.05 bits per heavy atom. The van der Waals surface area contributed by atoms with Crippen molar-refractivity contribution < 1.29 is 4.79 Å². The first-order valence-electron chi connectivity index (χ1n) is 6.94. The van der Waals surface area contributed by atoms with Crippen molar-refractivity contribution in [3.05, 3.63) is 11.8 Å². The molecule has 0 atom stereocenters. The molecule has 0 saturated carbocycles. The highest BCUT2D eigenvalue weighted by Crippen LogP contribution is 2.20. The maximum Gasteiger partial charge on any atom is 0.225 e. The third-order valence-electron chi connectivity index (χ3n) is 3.53. The Labute approximate surface area is 114 Å². The standard InChI is InChI=1S/C14H24N4O/c1-10-9-12(17-16-10)18-7-5-11(6-8-18)15-13(19)14(2,3)4/h9,11H,5-8H2,1-4H3,(H,15,19)(H,16,17). The molecule has 2 N–H and O–H groups in total. The third-order valence-corrected chi connectivity index (χ3v) is 3.53. The van der Waals surface area contributed by atoms with Crippen LogP contribution in [0.5, 0.6) is 0 Å². The van der Waals surface area contributed by atoms with Gasteiger partial charge in [0.05, 0.1) is 0 Å². The molecule has 1 aromatic rings. The summed E-state index contributed by atoms with van der Waals surface area (Å²) >= 11 is 0. The van der Waals surface area contributed by atoms with Gasteiger partial charge in [-0.3, -0.25) is 9.89 Å². The minimum atomic E-state index is -0.309. The van der Waals surface area contributed by atoms with Gasteiger partial charge in [0, 0.05) is 36.3 Å². The van der Waals surface area contributed by atoms with Gasteiger partial charge in [0.15, 0.2) is 5.82 Å². The predicted molar refractivity (Wildman–Crippen MR) is 76.2 cm³/mol. The average Bonchev–Trinajstić information content (AvgIpc) is 2.75. The van der Waals surface area contributed by atoms with Crippen LogP contribution in [0.2, 0.25) is 0 Å². The maximum atomic E-state index is 11.9. The van der Waals surface area contributed by atoms with Crippen LogP contribution < -0.4 is 10.2 Å². The summed E-state index contributed by atoms with van der Waals surface area (Å²) in [6.07, 6.45) is 1.96. The highest BCUT2D eigenvalue weighted by molar-refractivity contribution is 5.81. The fourth-order valence-corrected chi connectivity index (χ4v) is 2.22. The number of aromatic nitrogens is 2. The summed E-state index contributed by atoms with van der Waals surface area (Å²) in [6.45, 7) is 9.74. The molecule has 0 unspecified atom stereocenters. The Kier molecular flexibility index (Phi) is 3.83. The summed E-state index contributed by atoms with van der Waals surface area (Å²) in [5, 5.41) is 10.4. The van der Waals surface area contributed by atoms with E-state index in [-0.39, 0.29) is 11.3 Å². The van der Waals surface area contributed by atoms with Gasteiger partial charge in [-0.25, -0.2) is 0 Å². The van der Waals surface area contributed by atoms with E-state index in [1.165, 1.54) is 0 Å². The van der Waals surface area contributed by atoms with Crippen molar-refractivity contribution in [1.82, 2.24) is 15.5 Å².